The fourth-order valence-electron chi connectivity index (χ4n) is 4.83. The van der Waals surface area contributed by atoms with Crippen molar-refractivity contribution in [3.63, 3.8) is 0 Å². The lowest BCUT2D eigenvalue weighted by atomic mass is 9.79. The second-order valence-electron chi connectivity index (χ2n) is 9.05. The standard InChI is InChI=1S/C29H35FO/c1-3-5-7-8-21-9-15-27-24(18-21)13-16-28(29(27)30)25-11-10-23-20-26(31-17-6-4-2)14-12-22(23)19-25/h9,12-16,18,20,25H,3-8,10-11,17,19H2,1-2H3. The third-order valence-electron chi connectivity index (χ3n) is 6.73. The van der Waals surface area contributed by atoms with E-state index < -0.39 is 0 Å². The number of unbranched alkanes of at least 4 members (excludes halogenated alkanes) is 3. The highest BCUT2D eigenvalue weighted by Crippen LogP contribution is 2.37. The zero-order chi connectivity index (χ0) is 21.6. The molecule has 1 atom stereocenters. The molecule has 0 fully saturated rings. The van der Waals surface area contributed by atoms with Crippen molar-refractivity contribution in [2.75, 3.05) is 6.61 Å². The summed E-state index contributed by atoms with van der Waals surface area (Å²) in [6, 6.07) is 16.9. The number of aryl methyl sites for hydroxylation is 2. The first-order valence-electron chi connectivity index (χ1n) is 12.1. The van der Waals surface area contributed by atoms with E-state index in [0.29, 0.717) is 0 Å². The first-order valence-corrected chi connectivity index (χ1v) is 12.1. The molecule has 0 spiro atoms. The molecule has 31 heavy (non-hydrogen) atoms. The molecule has 0 amide bonds. The van der Waals surface area contributed by atoms with Crippen molar-refractivity contribution in [3.8, 4) is 5.75 Å². The van der Waals surface area contributed by atoms with Crippen LogP contribution < -0.4 is 4.74 Å². The number of ether oxygens (including phenoxy) is 1. The van der Waals surface area contributed by atoms with E-state index in [1.165, 1.54) is 36.0 Å². The second kappa shape index (κ2) is 10.3. The molecule has 1 nitrogen and oxygen atoms in total. The van der Waals surface area contributed by atoms with Gasteiger partial charge >= 0.3 is 0 Å². The van der Waals surface area contributed by atoms with Crippen molar-refractivity contribution in [2.24, 2.45) is 0 Å². The molecule has 0 N–H and O–H groups in total. The molecule has 0 heterocycles. The van der Waals surface area contributed by atoms with Crippen LogP contribution >= 0.6 is 0 Å². The Bertz CT molecular complexity index is 1020. The Labute approximate surface area is 186 Å². The number of halogens is 1. The average molecular weight is 419 g/mol. The molecule has 164 valence electrons. The van der Waals surface area contributed by atoms with E-state index in [-0.39, 0.29) is 11.7 Å². The maximum Gasteiger partial charge on any atom is 0.134 e. The summed E-state index contributed by atoms with van der Waals surface area (Å²) in [5.41, 5.74) is 4.89. The molecular weight excluding hydrogens is 383 g/mol. The van der Waals surface area contributed by atoms with Gasteiger partial charge < -0.3 is 4.74 Å². The van der Waals surface area contributed by atoms with Crippen LogP contribution in [0.3, 0.4) is 0 Å². The maximum atomic E-state index is 15.5. The molecule has 0 saturated heterocycles. The van der Waals surface area contributed by atoms with Crippen LogP contribution in [0.15, 0.2) is 48.5 Å². The third-order valence-corrected chi connectivity index (χ3v) is 6.73. The summed E-state index contributed by atoms with van der Waals surface area (Å²) in [5, 5.41) is 1.79. The van der Waals surface area contributed by atoms with Gasteiger partial charge in [0, 0.05) is 5.39 Å². The molecular formula is C29H35FO. The number of fused-ring (bicyclic) bond motifs is 2. The lowest BCUT2D eigenvalue weighted by Crippen LogP contribution is -2.14. The van der Waals surface area contributed by atoms with E-state index in [1.807, 2.05) is 12.1 Å². The van der Waals surface area contributed by atoms with Gasteiger partial charge in [-0.05, 0) is 84.2 Å². The van der Waals surface area contributed by atoms with Crippen molar-refractivity contribution in [3.05, 3.63) is 76.6 Å². The quantitative estimate of drug-likeness (QED) is 0.318. The largest absolute Gasteiger partial charge is 0.494 e. The Kier molecular flexibility index (Phi) is 7.27. The van der Waals surface area contributed by atoms with Gasteiger partial charge in [-0.1, -0.05) is 69.5 Å². The van der Waals surface area contributed by atoms with Crippen LogP contribution in [0.4, 0.5) is 4.39 Å². The van der Waals surface area contributed by atoms with Crippen LogP contribution in [0.2, 0.25) is 0 Å². The minimum Gasteiger partial charge on any atom is -0.494 e. The van der Waals surface area contributed by atoms with E-state index in [1.54, 1.807) is 0 Å². The molecule has 3 aromatic rings. The van der Waals surface area contributed by atoms with Crippen molar-refractivity contribution >= 4 is 10.8 Å². The lowest BCUT2D eigenvalue weighted by Gasteiger charge is -2.26. The van der Waals surface area contributed by atoms with Crippen molar-refractivity contribution in [1.29, 1.82) is 0 Å². The molecule has 1 aliphatic rings. The molecule has 0 aromatic heterocycles. The molecule has 0 radical (unpaired) electrons. The van der Waals surface area contributed by atoms with Gasteiger partial charge in [-0.25, -0.2) is 4.39 Å². The predicted molar refractivity (Wildman–Crippen MR) is 129 cm³/mol. The third kappa shape index (κ3) is 5.11. The lowest BCUT2D eigenvalue weighted by molar-refractivity contribution is 0.308. The number of hydrogen-bond donors (Lipinski definition) is 0. The van der Waals surface area contributed by atoms with Crippen LogP contribution in [0.25, 0.3) is 10.8 Å². The van der Waals surface area contributed by atoms with E-state index in [2.05, 4.69) is 50.2 Å². The maximum absolute atomic E-state index is 15.5. The zero-order valence-corrected chi connectivity index (χ0v) is 19.1. The van der Waals surface area contributed by atoms with Crippen molar-refractivity contribution in [2.45, 2.75) is 77.6 Å². The summed E-state index contributed by atoms with van der Waals surface area (Å²) in [5.74, 6) is 1.19. The van der Waals surface area contributed by atoms with E-state index in [0.717, 1.165) is 67.2 Å². The van der Waals surface area contributed by atoms with Gasteiger partial charge in [0.15, 0.2) is 0 Å². The fourth-order valence-corrected chi connectivity index (χ4v) is 4.83. The van der Waals surface area contributed by atoms with E-state index in [4.69, 9.17) is 4.74 Å². The van der Waals surface area contributed by atoms with Crippen molar-refractivity contribution < 1.29 is 9.13 Å². The summed E-state index contributed by atoms with van der Waals surface area (Å²) < 4.78 is 21.4. The van der Waals surface area contributed by atoms with Crippen molar-refractivity contribution in [1.82, 2.24) is 0 Å². The van der Waals surface area contributed by atoms with Crippen LogP contribution in [0.5, 0.6) is 5.75 Å². The van der Waals surface area contributed by atoms with Gasteiger partial charge in [0.2, 0.25) is 0 Å². The smallest absolute Gasteiger partial charge is 0.134 e. The van der Waals surface area contributed by atoms with E-state index in [9.17, 15) is 0 Å². The summed E-state index contributed by atoms with van der Waals surface area (Å²) in [6.07, 6.45) is 9.87. The highest BCUT2D eigenvalue weighted by Gasteiger charge is 2.24. The molecule has 4 rings (SSSR count). The number of rotatable bonds is 9. The Hall–Kier alpha value is -2.35. The normalized spacial score (nSPS) is 15.8. The second-order valence-corrected chi connectivity index (χ2v) is 9.05. The van der Waals surface area contributed by atoms with E-state index >= 15 is 4.39 Å². The minimum atomic E-state index is -0.0226. The molecule has 0 bridgehead atoms. The highest BCUT2D eigenvalue weighted by atomic mass is 19.1. The van der Waals surface area contributed by atoms with Crippen LogP contribution in [0.1, 0.15) is 80.5 Å². The van der Waals surface area contributed by atoms with Crippen LogP contribution in [0, 0.1) is 5.82 Å². The minimum absolute atomic E-state index is 0.0226. The molecule has 3 aromatic carbocycles. The molecule has 0 saturated carbocycles. The Morgan fingerprint density at radius 1 is 0.903 bits per heavy atom. The van der Waals surface area contributed by atoms with Crippen LogP contribution in [-0.2, 0) is 19.3 Å². The molecule has 0 aliphatic heterocycles. The first kappa shape index (κ1) is 21.9. The molecule has 1 unspecified atom stereocenters. The average Bonchev–Trinajstić information content (AvgIpc) is 2.79. The van der Waals surface area contributed by atoms with Gasteiger partial charge in [-0.3, -0.25) is 0 Å². The summed E-state index contributed by atoms with van der Waals surface area (Å²) in [7, 11) is 0. The Morgan fingerprint density at radius 3 is 2.61 bits per heavy atom. The highest BCUT2D eigenvalue weighted by molar-refractivity contribution is 5.84. The molecule has 2 heteroatoms. The van der Waals surface area contributed by atoms with Gasteiger partial charge in [0.05, 0.1) is 6.61 Å². The zero-order valence-electron chi connectivity index (χ0n) is 19.1. The monoisotopic (exact) mass is 418 g/mol. The summed E-state index contributed by atoms with van der Waals surface area (Å²) in [4.78, 5) is 0. The summed E-state index contributed by atoms with van der Waals surface area (Å²) >= 11 is 0. The molecule has 1 aliphatic carbocycles. The number of hydrogen-bond acceptors (Lipinski definition) is 1. The van der Waals surface area contributed by atoms with Gasteiger partial charge in [0.1, 0.15) is 11.6 Å². The predicted octanol–water partition coefficient (Wildman–Crippen LogP) is 8.16. The SMILES string of the molecule is CCCCCc1ccc2c(F)c(C3CCc4cc(OCCCC)ccc4C3)ccc2c1. The van der Waals surface area contributed by atoms with Gasteiger partial charge in [-0.2, -0.15) is 0 Å². The Morgan fingerprint density at radius 2 is 1.77 bits per heavy atom. The van der Waals surface area contributed by atoms with Gasteiger partial charge in [0.25, 0.3) is 0 Å². The number of benzene rings is 3. The van der Waals surface area contributed by atoms with Crippen LogP contribution in [-0.4, -0.2) is 6.61 Å². The topological polar surface area (TPSA) is 9.23 Å². The van der Waals surface area contributed by atoms with Gasteiger partial charge in [-0.15, -0.1) is 0 Å². The summed E-state index contributed by atoms with van der Waals surface area (Å²) in [6.45, 7) is 5.18. The first-order chi connectivity index (χ1) is 15.2. The fraction of sp³-hybridized carbons (Fsp3) is 0.448. The Balaban J connectivity index is 1.50.